The minimum Gasteiger partial charge on any atom is -0.412 e. The van der Waals surface area contributed by atoms with Crippen molar-refractivity contribution in [1.82, 2.24) is 0 Å². The van der Waals surface area contributed by atoms with E-state index < -0.39 is 15.5 Å². The van der Waals surface area contributed by atoms with E-state index in [0.717, 1.165) is 0 Å². The van der Waals surface area contributed by atoms with Crippen LogP contribution in [0, 0.1) is 11.8 Å². The van der Waals surface area contributed by atoms with Gasteiger partial charge in [0.25, 0.3) is 0 Å². The molecule has 1 aliphatic heterocycles. The molecule has 1 heterocycles. The molecule has 1 fully saturated rings. The predicted molar refractivity (Wildman–Crippen MR) is 84.9 cm³/mol. The van der Waals surface area contributed by atoms with Gasteiger partial charge in [-0.1, -0.05) is 19.9 Å². The fourth-order valence-electron chi connectivity index (χ4n) is 2.27. The number of rotatable bonds is 4. The third kappa shape index (κ3) is 5.95. The highest BCUT2D eigenvalue weighted by molar-refractivity contribution is 7.65. The summed E-state index contributed by atoms with van der Waals surface area (Å²) < 4.78 is 23.8. The highest BCUT2D eigenvalue weighted by Crippen LogP contribution is 2.39. The van der Waals surface area contributed by atoms with E-state index in [1.54, 1.807) is 13.3 Å². The monoisotopic (exact) mass is 304 g/mol. The summed E-state index contributed by atoms with van der Waals surface area (Å²) in [6, 6.07) is 0. The van der Waals surface area contributed by atoms with Gasteiger partial charge in [-0.05, 0) is 50.6 Å². The smallest absolute Gasteiger partial charge is 0.184 e. The highest BCUT2D eigenvalue weighted by Gasteiger charge is 2.36. The molecule has 0 aromatic carbocycles. The average molecular weight is 304 g/mol. The maximum absolute atomic E-state index is 11.7. The summed E-state index contributed by atoms with van der Waals surface area (Å²) in [6.45, 7) is 15.2. The van der Waals surface area contributed by atoms with Gasteiger partial charge in [-0.3, -0.25) is 0 Å². The van der Waals surface area contributed by atoms with E-state index in [1.165, 1.54) is 0 Å². The summed E-state index contributed by atoms with van der Waals surface area (Å²) in [5.41, 5.74) is 0. The Morgan fingerprint density at radius 1 is 1.21 bits per heavy atom. The molecule has 5 heteroatoms. The Labute approximate surface area is 119 Å². The lowest BCUT2D eigenvalue weighted by Crippen LogP contribution is -2.47. The van der Waals surface area contributed by atoms with Crippen molar-refractivity contribution in [2.45, 2.75) is 45.7 Å². The Bertz CT molecular complexity index is 369. The molecule has 112 valence electrons. The second-order valence-electron chi connectivity index (χ2n) is 7.06. The van der Waals surface area contributed by atoms with Crippen molar-refractivity contribution in [2.75, 3.05) is 19.9 Å². The molecule has 0 aromatic rings. The molecule has 0 amide bonds. The molecule has 2 unspecified atom stereocenters. The van der Waals surface area contributed by atoms with E-state index >= 15 is 0 Å². The van der Waals surface area contributed by atoms with Crippen LogP contribution >= 0.6 is 7.14 Å². The quantitative estimate of drug-likeness (QED) is 0.581. The van der Waals surface area contributed by atoms with E-state index in [0.29, 0.717) is 18.4 Å². The third-order valence-corrected chi connectivity index (χ3v) is 5.43. The van der Waals surface area contributed by atoms with Crippen molar-refractivity contribution in [2.24, 2.45) is 11.8 Å². The largest absolute Gasteiger partial charge is 0.412 e. The molecule has 1 saturated heterocycles. The van der Waals surface area contributed by atoms with Gasteiger partial charge >= 0.3 is 0 Å². The molecule has 3 nitrogen and oxygen atoms in total. The van der Waals surface area contributed by atoms with Gasteiger partial charge in [0.05, 0.1) is 18.8 Å². The zero-order chi connectivity index (χ0) is 14.8. The van der Waals surface area contributed by atoms with Crippen LogP contribution in [-0.4, -0.2) is 40.5 Å². The van der Waals surface area contributed by atoms with Gasteiger partial charge in [-0.15, -0.1) is 0 Å². The van der Waals surface area contributed by atoms with Crippen molar-refractivity contribution in [1.29, 1.82) is 0 Å². The fraction of sp³-hybridized carbons (Fsp3) is 0.857. The summed E-state index contributed by atoms with van der Waals surface area (Å²) in [4.78, 5) is 0. The molecule has 4 atom stereocenters. The Kier molecular flexibility index (Phi) is 5.65. The van der Waals surface area contributed by atoms with Crippen molar-refractivity contribution in [3.05, 3.63) is 11.9 Å². The summed E-state index contributed by atoms with van der Waals surface area (Å²) in [5.74, 6) is 2.67. The van der Waals surface area contributed by atoms with Gasteiger partial charge in [0.1, 0.15) is 7.14 Å². The van der Waals surface area contributed by atoms with E-state index in [2.05, 4.69) is 33.5 Å². The summed E-state index contributed by atoms with van der Waals surface area (Å²) in [7, 11) is -3.64. The van der Waals surface area contributed by atoms with E-state index in [-0.39, 0.29) is 12.2 Å². The van der Waals surface area contributed by atoms with Crippen LogP contribution in [0.4, 0.5) is 0 Å². The van der Waals surface area contributed by atoms with Crippen LogP contribution in [0.3, 0.4) is 0 Å². The van der Waals surface area contributed by atoms with Gasteiger partial charge in [-0.25, -0.2) is 0 Å². The van der Waals surface area contributed by atoms with Gasteiger partial charge in [-0.2, -0.15) is 0 Å². The van der Waals surface area contributed by atoms with Crippen LogP contribution in [0.15, 0.2) is 11.9 Å². The molecule has 0 saturated carbocycles. The number of ether oxygens (including phenoxy) is 1. The minimum absolute atomic E-state index is 0.0599. The highest BCUT2D eigenvalue weighted by atomic mass is 31.2. The van der Waals surface area contributed by atoms with Crippen LogP contribution < -0.4 is 0 Å². The maximum atomic E-state index is 11.7. The van der Waals surface area contributed by atoms with Gasteiger partial charge in [0.15, 0.2) is 8.32 Å². The Morgan fingerprint density at radius 2 is 1.79 bits per heavy atom. The molecule has 0 spiro atoms. The molecule has 0 radical (unpaired) electrons. The SMILES string of the molecule is C[C@@H]1C(/C=C/P(C)(C)=O)OCC(O[Si](C)(C)C)[C@H]1C. The van der Waals surface area contributed by atoms with Crippen LogP contribution in [0.2, 0.25) is 19.6 Å². The molecule has 0 aromatic heterocycles. The van der Waals surface area contributed by atoms with Gasteiger partial charge < -0.3 is 13.7 Å². The van der Waals surface area contributed by atoms with Crippen molar-refractivity contribution in [3.8, 4) is 0 Å². The first-order chi connectivity index (χ1) is 8.49. The van der Waals surface area contributed by atoms with Gasteiger partial charge in [0.2, 0.25) is 0 Å². The Morgan fingerprint density at radius 3 is 2.26 bits per heavy atom. The lowest BCUT2D eigenvalue weighted by atomic mass is 9.84. The zero-order valence-electron chi connectivity index (χ0n) is 13.3. The first kappa shape index (κ1) is 17.2. The van der Waals surface area contributed by atoms with Crippen LogP contribution in [0.1, 0.15) is 13.8 Å². The number of hydrogen-bond donors (Lipinski definition) is 0. The molecule has 0 aliphatic carbocycles. The maximum Gasteiger partial charge on any atom is 0.184 e. The molecule has 19 heavy (non-hydrogen) atoms. The molecule has 0 bridgehead atoms. The second-order valence-corrected chi connectivity index (χ2v) is 14.7. The Balaban J connectivity index is 2.67. The fourth-order valence-corrected chi connectivity index (χ4v) is 4.04. The zero-order valence-corrected chi connectivity index (χ0v) is 15.2. The van der Waals surface area contributed by atoms with Crippen molar-refractivity contribution in [3.63, 3.8) is 0 Å². The summed E-state index contributed by atoms with van der Waals surface area (Å²) in [5, 5.41) is 0. The molecule has 1 rings (SSSR count). The normalized spacial score (nSPS) is 33.8. The lowest BCUT2D eigenvalue weighted by Gasteiger charge is -2.41. The van der Waals surface area contributed by atoms with Crippen LogP contribution in [0.5, 0.6) is 0 Å². The summed E-state index contributed by atoms with van der Waals surface area (Å²) in [6.07, 6.45) is 2.23. The van der Waals surface area contributed by atoms with Gasteiger partial charge in [0, 0.05) is 0 Å². The predicted octanol–water partition coefficient (Wildman–Crippen LogP) is 4.01. The molecule has 1 aliphatic rings. The second kappa shape index (κ2) is 6.25. The molecular weight excluding hydrogens is 275 g/mol. The summed E-state index contributed by atoms with van der Waals surface area (Å²) >= 11 is 0. The van der Waals surface area contributed by atoms with Crippen molar-refractivity contribution >= 4 is 15.5 Å². The van der Waals surface area contributed by atoms with E-state index in [9.17, 15) is 4.57 Å². The first-order valence-corrected chi connectivity index (χ1v) is 13.1. The van der Waals surface area contributed by atoms with E-state index in [1.807, 2.05) is 11.9 Å². The van der Waals surface area contributed by atoms with Crippen LogP contribution in [0.25, 0.3) is 0 Å². The molecule has 0 N–H and O–H groups in total. The van der Waals surface area contributed by atoms with E-state index in [4.69, 9.17) is 9.16 Å². The van der Waals surface area contributed by atoms with Crippen LogP contribution in [-0.2, 0) is 13.7 Å². The standard InChI is InChI=1S/C14H29O3PSi/c1-11-12(2)14(17-19(5,6)7)10-16-13(11)8-9-18(3,4)15/h8-9,11-14H,10H2,1-7H3/b9-8+/t11-,12-,13?,14?/m0/s1. The number of hydrogen-bond acceptors (Lipinski definition) is 3. The average Bonchev–Trinajstić information content (AvgIpc) is 2.21. The van der Waals surface area contributed by atoms with Crippen molar-refractivity contribution < 1.29 is 13.7 Å². The molecular formula is C14H29O3PSi. The first-order valence-electron chi connectivity index (χ1n) is 7.03. The third-order valence-electron chi connectivity index (χ3n) is 3.53. The lowest BCUT2D eigenvalue weighted by molar-refractivity contribution is -0.0905. The minimum atomic E-state index is -2.11. The Hall–Kier alpha value is 0.107. The topological polar surface area (TPSA) is 35.5 Å².